The second-order valence-electron chi connectivity index (χ2n) is 7.09. The summed E-state index contributed by atoms with van der Waals surface area (Å²) in [6, 6.07) is 6.89. The fourth-order valence-corrected chi connectivity index (χ4v) is 4.78. The van der Waals surface area contributed by atoms with Crippen molar-refractivity contribution in [1.29, 1.82) is 0 Å². The molecule has 7 nitrogen and oxygen atoms in total. The van der Waals surface area contributed by atoms with Gasteiger partial charge in [0.15, 0.2) is 5.60 Å². The lowest BCUT2D eigenvalue weighted by Crippen LogP contribution is -2.44. The van der Waals surface area contributed by atoms with Gasteiger partial charge in [0.1, 0.15) is 12.4 Å². The van der Waals surface area contributed by atoms with Gasteiger partial charge in [-0.25, -0.2) is 9.78 Å². The fraction of sp³-hybridized carbons (Fsp3) is 0.250. The maximum absolute atomic E-state index is 13.1. The van der Waals surface area contributed by atoms with Crippen molar-refractivity contribution in [1.82, 2.24) is 9.55 Å². The third-order valence-corrected chi connectivity index (χ3v) is 6.45. The molecule has 2 aliphatic heterocycles. The monoisotopic (exact) mass is 490 g/mol. The Balaban J connectivity index is 1.81. The van der Waals surface area contributed by atoms with Crippen molar-refractivity contribution < 1.29 is 19.7 Å². The number of hydrogen-bond donors (Lipinski definition) is 2. The molecular weight excluding hydrogens is 475 g/mol. The van der Waals surface area contributed by atoms with E-state index in [0.29, 0.717) is 34.6 Å². The molecule has 5 rings (SSSR count). The molecule has 1 aromatic carbocycles. The number of halogens is 1. The first-order valence-electron chi connectivity index (χ1n) is 8.83. The average Bonchev–Trinajstić information content (AvgIpc) is 3.02. The smallest absolute Gasteiger partial charge is 0.343 e. The third kappa shape index (κ3) is 2.21. The van der Waals surface area contributed by atoms with E-state index in [0.717, 1.165) is 14.5 Å². The number of aromatic hydroxyl groups is 1. The lowest BCUT2D eigenvalue weighted by molar-refractivity contribution is -0.172. The van der Waals surface area contributed by atoms with E-state index in [9.17, 15) is 19.8 Å². The van der Waals surface area contributed by atoms with Gasteiger partial charge < -0.3 is 19.5 Å². The van der Waals surface area contributed by atoms with E-state index in [2.05, 4.69) is 27.6 Å². The van der Waals surface area contributed by atoms with Gasteiger partial charge in [-0.3, -0.25) is 4.79 Å². The zero-order chi connectivity index (χ0) is 19.8. The largest absolute Gasteiger partial charge is 0.508 e. The number of carbonyl (C=O) groups is 1. The van der Waals surface area contributed by atoms with Gasteiger partial charge in [0.05, 0.1) is 29.0 Å². The zero-order valence-corrected chi connectivity index (χ0v) is 17.0. The summed E-state index contributed by atoms with van der Waals surface area (Å²) in [4.78, 5) is 30.0. The van der Waals surface area contributed by atoms with Crippen molar-refractivity contribution >= 4 is 39.5 Å². The lowest BCUT2D eigenvalue weighted by Gasteiger charge is -2.31. The first kappa shape index (κ1) is 17.6. The minimum absolute atomic E-state index is 0.103. The number of ether oxygens (including phenoxy) is 1. The fourth-order valence-electron chi connectivity index (χ4n) is 4.03. The van der Waals surface area contributed by atoms with E-state index >= 15 is 0 Å². The standard InChI is InChI=1S/C20H15IN2O5/c1-2-20(27)13-6-16-17-9(3-11-14(21)4-10(24)5-15(11)22-17)7-23(16)18(25)12(13)8-28-19(20)26/h3-6,24,27H,2,7-8H2,1H3. The molecule has 3 aromatic rings. The molecule has 0 bridgehead atoms. The van der Waals surface area contributed by atoms with Crippen LogP contribution in [0, 0.1) is 3.57 Å². The molecule has 2 aromatic heterocycles. The molecule has 0 amide bonds. The molecule has 0 radical (unpaired) electrons. The van der Waals surface area contributed by atoms with Gasteiger partial charge in [-0.05, 0) is 47.2 Å². The van der Waals surface area contributed by atoms with E-state index in [1.54, 1.807) is 29.7 Å². The molecule has 8 heteroatoms. The van der Waals surface area contributed by atoms with E-state index in [1.165, 1.54) is 0 Å². The molecule has 142 valence electrons. The molecular formula is C20H15IN2O5. The summed E-state index contributed by atoms with van der Waals surface area (Å²) in [5, 5.41) is 21.7. The van der Waals surface area contributed by atoms with Crippen LogP contribution in [0.1, 0.15) is 30.0 Å². The van der Waals surface area contributed by atoms with Crippen molar-refractivity contribution in [3.05, 3.63) is 54.9 Å². The van der Waals surface area contributed by atoms with Crippen molar-refractivity contribution in [2.24, 2.45) is 0 Å². The number of fused-ring (bicyclic) bond motifs is 5. The summed E-state index contributed by atoms with van der Waals surface area (Å²) >= 11 is 2.14. The van der Waals surface area contributed by atoms with Crippen LogP contribution >= 0.6 is 22.6 Å². The first-order chi connectivity index (χ1) is 13.3. The second kappa shape index (κ2) is 5.77. The summed E-state index contributed by atoms with van der Waals surface area (Å²) in [6.45, 7) is 1.88. The summed E-state index contributed by atoms with van der Waals surface area (Å²) < 4.78 is 7.53. The van der Waals surface area contributed by atoms with Crippen molar-refractivity contribution in [3.63, 3.8) is 0 Å². The Morgan fingerprint density at radius 2 is 2.07 bits per heavy atom. The Bertz CT molecular complexity index is 1270. The normalized spacial score (nSPS) is 19.9. The predicted octanol–water partition coefficient (Wildman–Crippen LogP) is 2.39. The highest BCUT2D eigenvalue weighted by Gasteiger charge is 2.45. The Morgan fingerprint density at radius 1 is 1.29 bits per heavy atom. The molecule has 0 saturated heterocycles. The number of pyridine rings is 2. The van der Waals surface area contributed by atoms with Gasteiger partial charge in [-0.1, -0.05) is 6.92 Å². The Labute approximate surface area is 172 Å². The number of phenols is 1. The Kier molecular flexibility index (Phi) is 3.63. The number of benzene rings is 1. The van der Waals surface area contributed by atoms with Crippen LogP contribution in [0.25, 0.3) is 22.3 Å². The van der Waals surface area contributed by atoms with Crippen LogP contribution in [0.15, 0.2) is 29.1 Å². The van der Waals surface area contributed by atoms with Gasteiger partial charge in [0, 0.05) is 26.1 Å². The molecule has 2 N–H and O–H groups in total. The topological polar surface area (TPSA) is 102 Å². The van der Waals surface area contributed by atoms with Crippen LogP contribution in [0.2, 0.25) is 0 Å². The van der Waals surface area contributed by atoms with E-state index in [-0.39, 0.29) is 24.3 Å². The van der Waals surface area contributed by atoms with Gasteiger partial charge in [0.2, 0.25) is 0 Å². The van der Waals surface area contributed by atoms with Crippen molar-refractivity contribution in [2.45, 2.75) is 32.1 Å². The summed E-state index contributed by atoms with van der Waals surface area (Å²) in [5.74, 6) is -0.621. The minimum Gasteiger partial charge on any atom is -0.508 e. The van der Waals surface area contributed by atoms with Crippen LogP contribution in [0.3, 0.4) is 0 Å². The molecule has 1 atom stereocenters. The number of nitrogens with zero attached hydrogens (tertiary/aromatic N) is 2. The van der Waals surface area contributed by atoms with E-state index in [4.69, 9.17) is 4.74 Å². The van der Waals surface area contributed by atoms with Crippen molar-refractivity contribution in [2.75, 3.05) is 0 Å². The highest BCUT2D eigenvalue weighted by atomic mass is 127. The van der Waals surface area contributed by atoms with Crippen LogP contribution < -0.4 is 5.56 Å². The molecule has 1 unspecified atom stereocenters. The molecule has 0 saturated carbocycles. The van der Waals surface area contributed by atoms with Crippen LogP contribution in [-0.2, 0) is 28.3 Å². The number of aromatic nitrogens is 2. The van der Waals surface area contributed by atoms with Gasteiger partial charge in [-0.15, -0.1) is 0 Å². The Morgan fingerprint density at radius 3 is 2.82 bits per heavy atom. The molecule has 28 heavy (non-hydrogen) atoms. The van der Waals surface area contributed by atoms with E-state index in [1.807, 2.05) is 6.07 Å². The maximum atomic E-state index is 13.1. The number of cyclic esters (lactones) is 1. The molecule has 4 heterocycles. The second-order valence-corrected chi connectivity index (χ2v) is 8.26. The van der Waals surface area contributed by atoms with Crippen molar-refractivity contribution in [3.8, 4) is 17.1 Å². The number of aliphatic hydroxyl groups is 1. The van der Waals surface area contributed by atoms with Crippen LogP contribution in [0.4, 0.5) is 0 Å². The first-order valence-corrected chi connectivity index (χ1v) is 9.90. The average molecular weight is 490 g/mol. The summed E-state index contributed by atoms with van der Waals surface area (Å²) in [7, 11) is 0. The van der Waals surface area contributed by atoms with Crippen LogP contribution in [0.5, 0.6) is 5.75 Å². The lowest BCUT2D eigenvalue weighted by atomic mass is 9.86. The quantitative estimate of drug-likeness (QED) is 0.314. The van der Waals surface area contributed by atoms with Gasteiger partial charge >= 0.3 is 5.97 Å². The molecule has 2 aliphatic rings. The number of phenolic OH excluding ortho intramolecular Hbond substituents is 1. The highest BCUT2D eigenvalue weighted by molar-refractivity contribution is 14.1. The maximum Gasteiger partial charge on any atom is 0.343 e. The number of rotatable bonds is 1. The van der Waals surface area contributed by atoms with E-state index < -0.39 is 11.6 Å². The third-order valence-electron chi connectivity index (χ3n) is 5.56. The molecule has 0 aliphatic carbocycles. The number of carbonyl (C=O) groups excluding carboxylic acids is 1. The molecule has 0 spiro atoms. The Hall–Kier alpha value is -2.46. The predicted molar refractivity (Wildman–Crippen MR) is 109 cm³/mol. The summed E-state index contributed by atoms with van der Waals surface area (Å²) in [6.07, 6.45) is 0.103. The number of hydrogen-bond acceptors (Lipinski definition) is 6. The van der Waals surface area contributed by atoms with Gasteiger partial charge in [-0.2, -0.15) is 0 Å². The highest BCUT2D eigenvalue weighted by Crippen LogP contribution is 2.39. The zero-order valence-electron chi connectivity index (χ0n) is 14.8. The summed E-state index contributed by atoms with van der Waals surface area (Å²) in [5.41, 5.74) is 1.14. The minimum atomic E-state index is -1.84. The SMILES string of the molecule is CCC1(O)C(=O)OCc2c1cc1n(c2=O)Cc2cc3c(I)cc(O)cc3nc2-1. The molecule has 0 fully saturated rings. The number of esters is 1. The van der Waals surface area contributed by atoms with Gasteiger partial charge in [0.25, 0.3) is 5.56 Å². The van der Waals surface area contributed by atoms with Crippen LogP contribution in [-0.4, -0.2) is 25.7 Å².